The molecule has 11 heavy (non-hydrogen) atoms. The molecular formula is C5H11Cl2NO3. The zero-order valence-electron chi connectivity index (χ0n) is 5.82. The minimum atomic E-state index is -0.358. The Morgan fingerprint density at radius 3 is 2.36 bits per heavy atom. The molecule has 0 atom stereocenters. The van der Waals surface area contributed by atoms with Crippen LogP contribution in [0.4, 0.5) is 0 Å². The molecule has 0 aromatic heterocycles. The third-order valence-corrected chi connectivity index (χ3v) is 1.07. The molecule has 0 unspecified atom stereocenters. The van der Waals surface area contributed by atoms with Gasteiger partial charge in [0.1, 0.15) is 6.10 Å². The van der Waals surface area contributed by atoms with Crippen LogP contribution in [0.1, 0.15) is 0 Å². The lowest BCUT2D eigenvalue weighted by Crippen LogP contribution is -2.39. The first-order chi connectivity index (χ1) is 4.33. The Morgan fingerprint density at radius 2 is 2.09 bits per heavy atom. The van der Waals surface area contributed by atoms with Crippen LogP contribution in [0.5, 0.6) is 0 Å². The van der Waals surface area contributed by atoms with Crippen molar-refractivity contribution in [2.75, 3.05) is 19.8 Å². The molecule has 4 nitrogen and oxygen atoms in total. The summed E-state index contributed by atoms with van der Waals surface area (Å²) in [5, 5.41) is 0. The Hall–Kier alpha value is -0.0300. The van der Waals surface area contributed by atoms with Crippen molar-refractivity contribution >= 4 is 30.8 Å². The predicted octanol–water partition coefficient (Wildman–Crippen LogP) is -0.269. The van der Waals surface area contributed by atoms with Crippen LogP contribution in [0, 0.1) is 0 Å². The molecule has 0 aromatic carbocycles. The fraction of sp³-hybridized carbons (Fsp3) is 0.800. The zero-order valence-corrected chi connectivity index (χ0v) is 7.45. The predicted molar refractivity (Wildman–Crippen MR) is 44.2 cm³/mol. The van der Waals surface area contributed by atoms with Gasteiger partial charge in [-0.15, -0.1) is 24.8 Å². The second kappa shape index (κ2) is 6.67. The van der Waals surface area contributed by atoms with Crippen molar-refractivity contribution in [1.82, 2.24) is 0 Å². The van der Waals surface area contributed by atoms with E-state index >= 15 is 0 Å². The third-order valence-electron chi connectivity index (χ3n) is 1.07. The van der Waals surface area contributed by atoms with Gasteiger partial charge in [-0.25, -0.2) is 0 Å². The van der Waals surface area contributed by atoms with Gasteiger partial charge in [0.25, 0.3) is 0 Å². The van der Waals surface area contributed by atoms with Crippen molar-refractivity contribution in [2.45, 2.75) is 6.10 Å². The molecule has 0 amide bonds. The van der Waals surface area contributed by atoms with Gasteiger partial charge in [-0.3, -0.25) is 4.79 Å². The monoisotopic (exact) mass is 203 g/mol. The van der Waals surface area contributed by atoms with Crippen LogP contribution in [0.15, 0.2) is 0 Å². The van der Waals surface area contributed by atoms with Gasteiger partial charge in [0, 0.05) is 0 Å². The van der Waals surface area contributed by atoms with Gasteiger partial charge < -0.3 is 15.2 Å². The van der Waals surface area contributed by atoms with E-state index in [-0.39, 0.29) is 43.4 Å². The molecular weight excluding hydrogens is 193 g/mol. The maximum Gasteiger partial charge on any atom is 0.320 e. The van der Waals surface area contributed by atoms with E-state index in [1.54, 1.807) is 0 Å². The molecule has 1 rings (SSSR count). The fourth-order valence-electron chi connectivity index (χ4n) is 0.516. The summed E-state index contributed by atoms with van der Waals surface area (Å²) in [6, 6.07) is 0. The van der Waals surface area contributed by atoms with Crippen molar-refractivity contribution in [1.29, 1.82) is 0 Å². The molecule has 1 aliphatic heterocycles. The first-order valence-corrected chi connectivity index (χ1v) is 2.80. The molecule has 2 N–H and O–H groups in total. The average molecular weight is 204 g/mol. The van der Waals surface area contributed by atoms with Gasteiger partial charge in [-0.1, -0.05) is 0 Å². The number of nitrogens with two attached hydrogens (primary N) is 1. The molecule has 0 bridgehead atoms. The SMILES string of the molecule is Cl.Cl.NCC(=O)OC1COC1. The third kappa shape index (κ3) is 4.42. The van der Waals surface area contributed by atoms with Crippen LogP contribution in [0.2, 0.25) is 0 Å². The minimum Gasteiger partial charge on any atom is -0.456 e. The smallest absolute Gasteiger partial charge is 0.320 e. The Balaban J connectivity index is 0. The van der Waals surface area contributed by atoms with E-state index in [0.29, 0.717) is 13.2 Å². The van der Waals surface area contributed by atoms with E-state index in [1.807, 2.05) is 0 Å². The molecule has 0 saturated carbocycles. The molecule has 68 valence electrons. The molecule has 6 heteroatoms. The van der Waals surface area contributed by atoms with Crippen LogP contribution < -0.4 is 5.73 Å². The van der Waals surface area contributed by atoms with Gasteiger partial charge in [-0.2, -0.15) is 0 Å². The highest BCUT2D eigenvalue weighted by atomic mass is 35.5. The molecule has 0 radical (unpaired) electrons. The Kier molecular flexibility index (Phi) is 8.21. The molecule has 1 aliphatic rings. The summed E-state index contributed by atoms with van der Waals surface area (Å²) in [7, 11) is 0. The maximum absolute atomic E-state index is 10.4. The number of hydrogen-bond acceptors (Lipinski definition) is 4. The maximum atomic E-state index is 10.4. The first-order valence-electron chi connectivity index (χ1n) is 2.80. The second-order valence-electron chi connectivity index (χ2n) is 1.85. The number of ether oxygens (including phenoxy) is 2. The number of carbonyl (C=O) groups excluding carboxylic acids is 1. The number of rotatable bonds is 2. The highest BCUT2D eigenvalue weighted by molar-refractivity contribution is 5.85. The Labute approximate surface area is 77.2 Å². The van der Waals surface area contributed by atoms with Crippen LogP contribution in [0.25, 0.3) is 0 Å². The summed E-state index contributed by atoms with van der Waals surface area (Å²) in [6.45, 7) is 0.994. The lowest BCUT2D eigenvalue weighted by molar-refractivity contribution is -0.170. The number of hydrogen-bond donors (Lipinski definition) is 1. The first kappa shape index (κ1) is 13.6. The lowest BCUT2D eigenvalue weighted by Gasteiger charge is -2.25. The van der Waals surface area contributed by atoms with E-state index in [1.165, 1.54) is 0 Å². The zero-order chi connectivity index (χ0) is 6.69. The minimum absolute atomic E-state index is 0. The van der Waals surface area contributed by atoms with Crippen molar-refractivity contribution in [3.8, 4) is 0 Å². The van der Waals surface area contributed by atoms with Crippen molar-refractivity contribution in [3.63, 3.8) is 0 Å². The summed E-state index contributed by atoms with van der Waals surface area (Å²) in [5.74, 6) is -0.358. The molecule has 0 spiro atoms. The number of esters is 1. The topological polar surface area (TPSA) is 61.6 Å². The summed E-state index contributed by atoms with van der Waals surface area (Å²) in [6.07, 6.45) is -0.0407. The van der Waals surface area contributed by atoms with E-state index in [9.17, 15) is 4.79 Å². The van der Waals surface area contributed by atoms with Gasteiger partial charge in [0.05, 0.1) is 19.8 Å². The summed E-state index contributed by atoms with van der Waals surface area (Å²) in [4.78, 5) is 10.4. The van der Waals surface area contributed by atoms with E-state index in [4.69, 9.17) is 15.2 Å². The van der Waals surface area contributed by atoms with Crippen LogP contribution in [-0.4, -0.2) is 31.8 Å². The number of carbonyl (C=O) groups is 1. The summed E-state index contributed by atoms with van der Waals surface area (Å²) in [5.41, 5.74) is 4.98. The number of halogens is 2. The lowest BCUT2D eigenvalue weighted by atomic mass is 10.3. The van der Waals surface area contributed by atoms with E-state index in [2.05, 4.69) is 0 Å². The van der Waals surface area contributed by atoms with Gasteiger partial charge in [-0.05, 0) is 0 Å². The molecule has 1 saturated heterocycles. The highest BCUT2D eigenvalue weighted by Crippen LogP contribution is 2.04. The van der Waals surface area contributed by atoms with E-state index < -0.39 is 0 Å². The molecule has 1 heterocycles. The van der Waals surface area contributed by atoms with Crippen LogP contribution in [0.3, 0.4) is 0 Å². The normalized spacial score (nSPS) is 15.4. The van der Waals surface area contributed by atoms with Gasteiger partial charge in [0.2, 0.25) is 0 Å². The molecule has 1 fully saturated rings. The van der Waals surface area contributed by atoms with E-state index in [0.717, 1.165) is 0 Å². The van der Waals surface area contributed by atoms with Crippen LogP contribution >= 0.6 is 24.8 Å². The van der Waals surface area contributed by atoms with Crippen molar-refractivity contribution in [2.24, 2.45) is 5.73 Å². The van der Waals surface area contributed by atoms with Crippen molar-refractivity contribution in [3.05, 3.63) is 0 Å². The highest BCUT2D eigenvalue weighted by Gasteiger charge is 2.21. The fourth-order valence-corrected chi connectivity index (χ4v) is 0.516. The van der Waals surface area contributed by atoms with Crippen LogP contribution in [-0.2, 0) is 14.3 Å². The van der Waals surface area contributed by atoms with Gasteiger partial charge in [0.15, 0.2) is 0 Å². The second-order valence-corrected chi connectivity index (χ2v) is 1.85. The quantitative estimate of drug-likeness (QED) is 0.629. The largest absolute Gasteiger partial charge is 0.456 e. The summed E-state index contributed by atoms with van der Waals surface area (Å²) >= 11 is 0. The molecule has 0 aromatic rings. The molecule has 0 aliphatic carbocycles. The Bertz CT molecular complexity index is 118. The van der Waals surface area contributed by atoms with Crippen molar-refractivity contribution < 1.29 is 14.3 Å². The summed E-state index contributed by atoms with van der Waals surface area (Å²) < 4.78 is 9.51. The standard InChI is InChI=1S/C5H9NO3.2ClH/c6-1-5(7)9-4-2-8-3-4;;/h4H,1-3,6H2;2*1H. The van der Waals surface area contributed by atoms with Gasteiger partial charge >= 0.3 is 5.97 Å². The average Bonchev–Trinajstić information content (AvgIpc) is 1.78. The Morgan fingerprint density at radius 1 is 1.55 bits per heavy atom.